The lowest BCUT2D eigenvalue weighted by molar-refractivity contribution is 0.838. The molecule has 0 amide bonds. The molecule has 2 rings (SSSR count). The van der Waals surface area contributed by atoms with Gasteiger partial charge >= 0.3 is 0 Å². The van der Waals surface area contributed by atoms with Crippen molar-refractivity contribution in [3.63, 3.8) is 0 Å². The van der Waals surface area contributed by atoms with Gasteiger partial charge in [-0.2, -0.15) is 5.10 Å². The number of halogens is 1. The van der Waals surface area contributed by atoms with Gasteiger partial charge in [0.15, 0.2) is 0 Å². The highest BCUT2D eigenvalue weighted by Gasteiger charge is 2.18. The Morgan fingerprint density at radius 1 is 1.60 bits per heavy atom. The van der Waals surface area contributed by atoms with Gasteiger partial charge in [0.2, 0.25) is 0 Å². The fraction of sp³-hybridized carbons (Fsp3) is 0.182. The van der Waals surface area contributed by atoms with Crippen LogP contribution < -0.4 is 10.7 Å². The third kappa shape index (κ3) is 1.97. The molecule has 0 saturated carbocycles. The van der Waals surface area contributed by atoms with Gasteiger partial charge in [-0.25, -0.2) is 0 Å². The lowest BCUT2D eigenvalue weighted by atomic mass is 10.2. The Bertz CT molecular complexity index is 414. The van der Waals surface area contributed by atoms with E-state index < -0.39 is 0 Å². The second kappa shape index (κ2) is 3.95. The van der Waals surface area contributed by atoms with Crippen molar-refractivity contribution in [2.45, 2.75) is 0 Å². The van der Waals surface area contributed by atoms with Gasteiger partial charge in [-0.05, 0) is 18.2 Å². The summed E-state index contributed by atoms with van der Waals surface area (Å²) in [6, 6.07) is 5.42. The summed E-state index contributed by atoms with van der Waals surface area (Å²) >= 11 is 6.08. The summed E-state index contributed by atoms with van der Waals surface area (Å²) in [4.78, 5) is 0. The molecule has 1 aliphatic heterocycles. The number of benzene rings is 1. The van der Waals surface area contributed by atoms with Gasteiger partial charge in [0, 0.05) is 17.8 Å². The lowest BCUT2D eigenvalue weighted by Gasteiger charge is -2.16. The van der Waals surface area contributed by atoms with Gasteiger partial charge in [0.1, 0.15) is 0 Å². The zero-order valence-electron chi connectivity index (χ0n) is 8.23. The van der Waals surface area contributed by atoms with Crippen LogP contribution in [0, 0.1) is 5.92 Å². The van der Waals surface area contributed by atoms with Crippen LogP contribution in [0.2, 0.25) is 5.02 Å². The van der Waals surface area contributed by atoms with Crippen molar-refractivity contribution >= 4 is 29.2 Å². The van der Waals surface area contributed by atoms with Crippen LogP contribution >= 0.6 is 11.6 Å². The molecule has 0 aliphatic carbocycles. The number of hydrogen-bond donors (Lipinski definition) is 1. The Labute approximate surface area is 93.8 Å². The normalized spacial score (nSPS) is 19.5. The molecule has 1 heterocycles. The van der Waals surface area contributed by atoms with Crippen LogP contribution in [0.3, 0.4) is 0 Å². The summed E-state index contributed by atoms with van der Waals surface area (Å²) in [5, 5.41) is 6.74. The molecule has 1 aromatic carbocycles. The zero-order chi connectivity index (χ0) is 10.8. The first-order valence-electron chi connectivity index (χ1n) is 4.70. The summed E-state index contributed by atoms with van der Waals surface area (Å²) in [5.74, 6) is 0.290. The summed E-state index contributed by atoms with van der Waals surface area (Å²) < 4.78 is 0. The minimum Gasteiger partial charge on any atom is -0.399 e. The van der Waals surface area contributed by atoms with Crippen LogP contribution in [0.25, 0.3) is 0 Å². The molecule has 1 aliphatic rings. The molecule has 0 saturated heterocycles. The summed E-state index contributed by atoms with van der Waals surface area (Å²) in [6.07, 6.45) is 3.73. The molecule has 0 fully saturated rings. The van der Waals surface area contributed by atoms with Crippen molar-refractivity contribution in [1.82, 2.24) is 0 Å². The Balaban J connectivity index is 2.25. The fourth-order valence-electron chi connectivity index (χ4n) is 1.49. The van der Waals surface area contributed by atoms with Crippen molar-refractivity contribution in [2.24, 2.45) is 11.0 Å². The molecule has 78 valence electrons. The van der Waals surface area contributed by atoms with Crippen molar-refractivity contribution < 1.29 is 0 Å². The Morgan fingerprint density at radius 2 is 2.40 bits per heavy atom. The minimum atomic E-state index is 0.290. The Kier molecular flexibility index (Phi) is 2.64. The van der Waals surface area contributed by atoms with E-state index >= 15 is 0 Å². The van der Waals surface area contributed by atoms with Gasteiger partial charge in [0.25, 0.3) is 0 Å². The molecule has 1 aromatic rings. The van der Waals surface area contributed by atoms with E-state index in [1.165, 1.54) is 0 Å². The average molecular weight is 222 g/mol. The topological polar surface area (TPSA) is 41.6 Å². The zero-order valence-corrected chi connectivity index (χ0v) is 8.98. The molecule has 0 spiro atoms. The molecule has 0 bridgehead atoms. The average Bonchev–Trinajstić information content (AvgIpc) is 2.66. The first-order chi connectivity index (χ1) is 7.20. The van der Waals surface area contributed by atoms with E-state index in [0.29, 0.717) is 16.6 Å². The minimum absolute atomic E-state index is 0.290. The highest BCUT2D eigenvalue weighted by Crippen LogP contribution is 2.30. The predicted molar refractivity (Wildman–Crippen MR) is 65.4 cm³/mol. The van der Waals surface area contributed by atoms with Crippen LogP contribution in [-0.2, 0) is 0 Å². The monoisotopic (exact) mass is 221 g/mol. The van der Waals surface area contributed by atoms with Crippen LogP contribution in [0.15, 0.2) is 36.0 Å². The highest BCUT2D eigenvalue weighted by atomic mass is 35.5. The molecule has 4 heteroatoms. The van der Waals surface area contributed by atoms with E-state index in [-0.39, 0.29) is 0 Å². The Morgan fingerprint density at radius 3 is 3.00 bits per heavy atom. The van der Waals surface area contributed by atoms with Crippen LogP contribution in [0.4, 0.5) is 11.4 Å². The number of nitrogens with two attached hydrogens (primary N) is 1. The number of hydrogen-bond acceptors (Lipinski definition) is 3. The predicted octanol–water partition coefficient (Wildman–Crippen LogP) is 2.53. The molecule has 0 radical (unpaired) electrons. The third-order valence-electron chi connectivity index (χ3n) is 2.33. The van der Waals surface area contributed by atoms with Crippen LogP contribution in [-0.4, -0.2) is 12.8 Å². The van der Waals surface area contributed by atoms with E-state index in [1.807, 2.05) is 29.4 Å². The Hall–Kier alpha value is -1.48. The van der Waals surface area contributed by atoms with E-state index in [9.17, 15) is 0 Å². The molecule has 15 heavy (non-hydrogen) atoms. The smallest absolute Gasteiger partial charge is 0.0781 e. The lowest BCUT2D eigenvalue weighted by Crippen LogP contribution is -2.16. The van der Waals surface area contributed by atoms with Gasteiger partial charge in [-0.1, -0.05) is 17.7 Å². The van der Waals surface area contributed by atoms with Gasteiger partial charge < -0.3 is 5.73 Å². The first-order valence-corrected chi connectivity index (χ1v) is 5.07. The van der Waals surface area contributed by atoms with Gasteiger partial charge in [-0.3, -0.25) is 5.01 Å². The van der Waals surface area contributed by atoms with E-state index in [0.717, 1.165) is 12.2 Å². The summed E-state index contributed by atoms with van der Waals surface area (Å²) in [5.41, 5.74) is 7.16. The number of rotatable bonds is 2. The largest absolute Gasteiger partial charge is 0.399 e. The highest BCUT2D eigenvalue weighted by molar-refractivity contribution is 6.33. The maximum atomic E-state index is 6.08. The van der Waals surface area contributed by atoms with Crippen molar-refractivity contribution in [1.29, 1.82) is 0 Å². The van der Waals surface area contributed by atoms with Gasteiger partial charge in [0.05, 0.1) is 17.3 Å². The molecule has 2 N–H and O–H groups in total. The van der Waals surface area contributed by atoms with E-state index in [4.69, 9.17) is 17.3 Å². The van der Waals surface area contributed by atoms with Crippen molar-refractivity contribution in [3.8, 4) is 0 Å². The van der Waals surface area contributed by atoms with Crippen LogP contribution in [0.1, 0.15) is 0 Å². The molecule has 1 unspecified atom stereocenters. The molecular formula is C11H12ClN3. The number of nitrogens with zero attached hydrogens (tertiary/aromatic N) is 2. The maximum Gasteiger partial charge on any atom is 0.0781 e. The van der Waals surface area contributed by atoms with Gasteiger partial charge in [-0.15, -0.1) is 6.58 Å². The summed E-state index contributed by atoms with van der Waals surface area (Å²) in [6.45, 7) is 4.52. The standard InChI is InChI=1S/C11H12ClN3/c1-2-8-6-14-15(7-8)11-4-3-9(13)5-10(11)12/h2-6,8H,1,7,13H2. The quantitative estimate of drug-likeness (QED) is 0.616. The summed E-state index contributed by atoms with van der Waals surface area (Å²) in [7, 11) is 0. The molecule has 0 aromatic heterocycles. The van der Waals surface area contributed by atoms with Crippen LogP contribution in [0.5, 0.6) is 0 Å². The fourth-order valence-corrected chi connectivity index (χ4v) is 1.78. The van der Waals surface area contributed by atoms with E-state index in [2.05, 4.69) is 11.7 Å². The number of anilines is 2. The number of nitrogen functional groups attached to an aromatic ring is 1. The van der Waals surface area contributed by atoms with Crippen molar-refractivity contribution in [3.05, 3.63) is 35.9 Å². The molecule has 3 nitrogen and oxygen atoms in total. The second-order valence-electron chi connectivity index (χ2n) is 3.46. The SMILES string of the molecule is C=CC1C=NN(c2ccc(N)cc2Cl)C1. The first kappa shape index (κ1) is 10.1. The molecule has 1 atom stereocenters. The van der Waals surface area contributed by atoms with E-state index in [1.54, 1.807) is 6.07 Å². The third-order valence-corrected chi connectivity index (χ3v) is 2.64. The number of hydrazone groups is 1. The maximum absolute atomic E-state index is 6.08. The molecular weight excluding hydrogens is 210 g/mol. The van der Waals surface area contributed by atoms with Crippen molar-refractivity contribution in [2.75, 3.05) is 17.3 Å². The second-order valence-corrected chi connectivity index (χ2v) is 3.86.